The highest BCUT2D eigenvalue weighted by Crippen LogP contribution is 2.30. The molecule has 0 bridgehead atoms. The second kappa shape index (κ2) is 7.73. The summed E-state index contributed by atoms with van der Waals surface area (Å²) in [7, 11) is -3.66. The molecule has 6 nitrogen and oxygen atoms in total. The minimum Gasteiger partial charge on any atom is -0.493 e. The van der Waals surface area contributed by atoms with Crippen LogP contribution in [-0.4, -0.2) is 38.3 Å². The Kier molecular flexibility index (Phi) is 5.31. The number of carbonyl (C=O) groups is 1. The molecule has 1 amide bonds. The van der Waals surface area contributed by atoms with Gasteiger partial charge in [-0.05, 0) is 48.2 Å². The molecule has 1 N–H and O–H groups in total. The molecule has 2 aromatic rings. The van der Waals surface area contributed by atoms with Gasteiger partial charge in [-0.2, -0.15) is 4.31 Å². The minimum atomic E-state index is -3.66. The van der Waals surface area contributed by atoms with Gasteiger partial charge in [0.15, 0.2) is 0 Å². The van der Waals surface area contributed by atoms with Crippen molar-refractivity contribution in [2.45, 2.75) is 30.6 Å². The van der Waals surface area contributed by atoms with Crippen LogP contribution < -0.4 is 10.1 Å². The smallest absolute Gasteiger partial charge is 0.244 e. The fourth-order valence-electron chi connectivity index (χ4n) is 3.59. The molecule has 0 atom stereocenters. The molecular weight excluding hydrogens is 400 g/mol. The van der Waals surface area contributed by atoms with Gasteiger partial charge in [-0.25, -0.2) is 8.42 Å². The summed E-state index contributed by atoms with van der Waals surface area (Å²) in [6.45, 7) is 1.67. The maximum absolute atomic E-state index is 12.8. The van der Waals surface area contributed by atoms with Crippen molar-refractivity contribution in [1.29, 1.82) is 0 Å². The Balaban J connectivity index is 1.49. The molecule has 2 heterocycles. The molecule has 2 aliphatic heterocycles. The van der Waals surface area contributed by atoms with Crippen LogP contribution in [0.15, 0.2) is 41.3 Å². The third-order valence-corrected chi connectivity index (χ3v) is 7.40. The number of nitrogens with zero attached hydrogens (tertiary/aromatic N) is 1. The van der Waals surface area contributed by atoms with Crippen molar-refractivity contribution in [3.05, 3.63) is 52.5 Å². The van der Waals surface area contributed by atoms with Crippen molar-refractivity contribution in [2.75, 3.05) is 25.0 Å². The number of halogens is 1. The molecular formula is C20H21ClN2O4S. The van der Waals surface area contributed by atoms with E-state index in [9.17, 15) is 13.2 Å². The topological polar surface area (TPSA) is 75.7 Å². The van der Waals surface area contributed by atoms with Gasteiger partial charge in [-0.3, -0.25) is 4.79 Å². The van der Waals surface area contributed by atoms with Crippen LogP contribution in [0.25, 0.3) is 0 Å². The molecule has 2 aliphatic rings. The lowest BCUT2D eigenvalue weighted by atomic mass is 10.1. The Labute approximate surface area is 169 Å². The van der Waals surface area contributed by atoms with Crippen molar-refractivity contribution in [1.82, 2.24) is 4.31 Å². The summed E-state index contributed by atoms with van der Waals surface area (Å²) < 4.78 is 32.5. The van der Waals surface area contributed by atoms with Gasteiger partial charge in [0.1, 0.15) is 10.6 Å². The number of hydrogen-bond acceptors (Lipinski definition) is 4. The van der Waals surface area contributed by atoms with Crippen LogP contribution in [0.4, 0.5) is 5.69 Å². The van der Waals surface area contributed by atoms with Crippen LogP contribution >= 0.6 is 11.6 Å². The molecule has 2 aromatic carbocycles. The van der Waals surface area contributed by atoms with E-state index >= 15 is 0 Å². The average Bonchev–Trinajstić information content (AvgIpc) is 3.34. The fourth-order valence-corrected chi connectivity index (χ4v) is 5.60. The first-order chi connectivity index (χ1) is 13.4. The van der Waals surface area contributed by atoms with Gasteiger partial charge in [0.25, 0.3) is 0 Å². The SMILES string of the molecule is O=C(Cc1ccc2c(c1)CCO2)Nc1ccc(Cl)c(S(=O)(=O)N2CCCC2)c1. The number of anilines is 1. The van der Waals surface area contributed by atoms with E-state index in [4.69, 9.17) is 16.3 Å². The predicted molar refractivity (Wildman–Crippen MR) is 107 cm³/mol. The normalized spacial score (nSPS) is 16.6. The van der Waals surface area contributed by atoms with Crippen LogP contribution in [0.3, 0.4) is 0 Å². The van der Waals surface area contributed by atoms with E-state index in [0.717, 1.165) is 36.1 Å². The van der Waals surface area contributed by atoms with Crippen molar-refractivity contribution < 1.29 is 17.9 Å². The van der Waals surface area contributed by atoms with E-state index < -0.39 is 10.0 Å². The summed E-state index contributed by atoms with van der Waals surface area (Å²) in [5, 5.41) is 2.93. The highest BCUT2D eigenvalue weighted by atomic mass is 35.5. The Morgan fingerprint density at radius 1 is 1.14 bits per heavy atom. The average molecular weight is 421 g/mol. The standard InChI is InChI=1S/C20H21ClN2O4S/c21-17-5-4-16(13-19(17)28(25,26)23-8-1-2-9-23)22-20(24)12-14-3-6-18-15(11-14)7-10-27-18/h3-6,11,13H,1-2,7-10,12H2,(H,22,24). The lowest BCUT2D eigenvalue weighted by Gasteiger charge is -2.17. The van der Waals surface area contributed by atoms with Gasteiger partial charge in [0.2, 0.25) is 15.9 Å². The number of carbonyl (C=O) groups excluding carboxylic acids is 1. The Morgan fingerprint density at radius 2 is 1.93 bits per heavy atom. The Hall–Kier alpha value is -2.09. The zero-order chi connectivity index (χ0) is 19.7. The molecule has 0 radical (unpaired) electrons. The largest absolute Gasteiger partial charge is 0.493 e. The third kappa shape index (κ3) is 3.87. The van der Waals surface area contributed by atoms with E-state index in [2.05, 4.69) is 5.32 Å². The van der Waals surface area contributed by atoms with Gasteiger partial charge in [0, 0.05) is 25.2 Å². The first-order valence-corrected chi connectivity index (χ1v) is 11.1. The molecule has 1 fully saturated rings. The summed E-state index contributed by atoms with van der Waals surface area (Å²) in [5.41, 5.74) is 2.41. The Morgan fingerprint density at radius 3 is 2.71 bits per heavy atom. The van der Waals surface area contributed by atoms with Crippen LogP contribution in [0.2, 0.25) is 5.02 Å². The van der Waals surface area contributed by atoms with Crippen molar-refractivity contribution >= 4 is 33.2 Å². The third-order valence-electron chi connectivity index (χ3n) is 5.02. The summed E-state index contributed by atoms with van der Waals surface area (Å²) in [6, 6.07) is 10.3. The van der Waals surface area contributed by atoms with Crippen LogP contribution in [-0.2, 0) is 27.7 Å². The fraction of sp³-hybridized carbons (Fsp3) is 0.350. The summed E-state index contributed by atoms with van der Waals surface area (Å²) in [6.07, 6.45) is 2.74. The number of hydrogen-bond donors (Lipinski definition) is 1. The number of amides is 1. The highest BCUT2D eigenvalue weighted by Gasteiger charge is 2.29. The second-order valence-corrected chi connectivity index (χ2v) is 9.34. The minimum absolute atomic E-state index is 0.0311. The van der Waals surface area contributed by atoms with E-state index in [1.165, 1.54) is 16.4 Å². The number of rotatable bonds is 5. The zero-order valence-corrected chi connectivity index (χ0v) is 16.9. The first-order valence-electron chi connectivity index (χ1n) is 9.28. The predicted octanol–water partition coefficient (Wildman–Crippen LogP) is 3.24. The monoisotopic (exact) mass is 420 g/mol. The summed E-state index contributed by atoms with van der Waals surface area (Å²) >= 11 is 6.15. The quantitative estimate of drug-likeness (QED) is 0.805. The van der Waals surface area contributed by atoms with Crippen LogP contribution in [0.5, 0.6) is 5.75 Å². The van der Waals surface area contributed by atoms with Crippen LogP contribution in [0, 0.1) is 0 Å². The molecule has 0 spiro atoms. The lowest BCUT2D eigenvalue weighted by Crippen LogP contribution is -2.28. The molecule has 0 aliphatic carbocycles. The molecule has 0 saturated carbocycles. The molecule has 1 saturated heterocycles. The summed E-state index contributed by atoms with van der Waals surface area (Å²) in [4.78, 5) is 12.5. The number of ether oxygens (including phenoxy) is 1. The molecule has 0 unspecified atom stereocenters. The number of nitrogens with one attached hydrogen (secondary N) is 1. The molecule has 0 aromatic heterocycles. The van der Waals surface area contributed by atoms with Gasteiger partial charge in [-0.15, -0.1) is 0 Å². The molecule has 8 heteroatoms. The number of fused-ring (bicyclic) bond motifs is 1. The Bertz CT molecular complexity index is 1020. The van der Waals surface area contributed by atoms with Gasteiger partial charge in [-0.1, -0.05) is 23.7 Å². The van der Waals surface area contributed by atoms with Gasteiger partial charge in [0.05, 0.1) is 18.1 Å². The summed E-state index contributed by atoms with van der Waals surface area (Å²) in [5.74, 6) is 0.657. The lowest BCUT2D eigenvalue weighted by molar-refractivity contribution is -0.115. The van der Waals surface area contributed by atoms with E-state index in [1.807, 2.05) is 18.2 Å². The maximum Gasteiger partial charge on any atom is 0.244 e. The maximum atomic E-state index is 12.8. The van der Waals surface area contributed by atoms with E-state index in [1.54, 1.807) is 6.07 Å². The number of sulfonamides is 1. The zero-order valence-electron chi connectivity index (χ0n) is 15.3. The van der Waals surface area contributed by atoms with Crippen LogP contribution in [0.1, 0.15) is 24.0 Å². The number of benzene rings is 2. The van der Waals surface area contributed by atoms with E-state index in [0.29, 0.717) is 25.4 Å². The van der Waals surface area contributed by atoms with Crippen molar-refractivity contribution in [2.24, 2.45) is 0 Å². The molecule has 148 valence electrons. The molecule has 28 heavy (non-hydrogen) atoms. The van der Waals surface area contributed by atoms with E-state index in [-0.39, 0.29) is 22.2 Å². The van der Waals surface area contributed by atoms with Crippen molar-refractivity contribution in [3.8, 4) is 5.75 Å². The van der Waals surface area contributed by atoms with Crippen molar-refractivity contribution in [3.63, 3.8) is 0 Å². The van der Waals surface area contributed by atoms with Gasteiger partial charge < -0.3 is 10.1 Å². The second-order valence-electron chi connectivity index (χ2n) is 7.02. The first kappa shape index (κ1) is 19.2. The molecule has 4 rings (SSSR count). The highest BCUT2D eigenvalue weighted by molar-refractivity contribution is 7.89. The van der Waals surface area contributed by atoms with Gasteiger partial charge >= 0.3 is 0 Å².